The number of alkyl halides is 2. The molecule has 0 atom stereocenters. The first kappa shape index (κ1) is 9.75. The molecule has 1 saturated heterocycles. The molecule has 0 bridgehead atoms. The molecule has 0 saturated carbocycles. The van der Waals surface area contributed by atoms with Gasteiger partial charge in [-0.05, 0) is 0 Å². The minimum absolute atomic E-state index is 0.203. The van der Waals surface area contributed by atoms with Gasteiger partial charge in [-0.1, -0.05) is 0 Å². The van der Waals surface area contributed by atoms with Crippen LogP contribution in [-0.4, -0.2) is 40.1 Å². The van der Waals surface area contributed by atoms with Gasteiger partial charge in [0.05, 0.1) is 25.5 Å². The summed E-state index contributed by atoms with van der Waals surface area (Å²) in [7, 11) is 0. The number of rotatable bonds is 2. The molecule has 1 fully saturated rings. The summed E-state index contributed by atoms with van der Waals surface area (Å²) in [5, 5.41) is 8.53. The van der Waals surface area contributed by atoms with Gasteiger partial charge in [-0.2, -0.15) is 0 Å². The summed E-state index contributed by atoms with van der Waals surface area (Å²) in [4.78, 5) is 19.1. The lowest BCUT2D eigenvalue weighted by atomic mass is 10.1. The third-order valence-corrected chi connectivity index (χ3v) is 2.03. The second-order valence-electron chi connectivity index (χ2n) is 3.28. The Bertz CT molecular complexity index is 385. The predicted octanol–water partition coefficient (Wildman–Crippen LogP) is 0.630. The fraction of sp³-hybridized carbons (Fsp3) is 0.375. The van der Waals surface area contributed by atoms with Gasteiger partial charge in [0.15, 0.2) is 5.69 Å². The number of nitrogens with zero attached hydrogens (tertiary/aromatic N) is 3. The molecule has 1 N–H and O–H groups in total. The van der Waals surface area contributed by atoms with E-state index in [0.717, 1.165) is 6.20 Å². The Morgan fingerprint density at radius 1 is 1.40 bits per heavy atom. The van der Waals surface area contributed by atoms with E-state index >= 15 is 0 Å². The largest absolute Gasteiger partial charge is 0.476 e. The fourth-order valence-corrected chi connectivity index (χ4v) is 1.27. The van der Waals surface area contributed by atoms with Gasteiger partial charge in [0.1, 0.15) is 5.82 Å². The van der Waals surface area contributed by atoms with E-state index in [1.807, 2.05) is 0 Å². The van der Waals surface area contributed by atoms with Crippen LogP contribution in [0.2, 0.25) is 0 Å². The van der Waals surface area contributed by atoms with Crippen molar-refractivity contribution in [1.29, 1.82) is 0 Å². The summed E-state index contributed by atoms with van der Waals surface area (Å²) in [5.74, 6) is -3.60. The van der Waals surface area contributed by atoms with E-state index in [1.165, 1.54) is 11.1 Å². The molecule has 15 heavy (non-hydrogen) atoms. The molecule has 0 radical (unpaired) electrons. The lowest BCUT2D eigenvalue weighted by molar-refractivity contribution is -0.0267. The maximum absolute atomic E-state index is 12.5. The molecule has 7 heteroatoms. The number of aromatic nitrogens is 2. The van der Waals surface area contributed by atoms with Crippen LogP contribution in [0.15, 0.2) is 12.4 Å². The van der Waals surface area contributed by atoms with Crippen molar-refractivity contribution in [3.63, 3.8) is 0 Å². The molecule has 1 aromatic rings. The van der Waals surface area contributed by atoms with E-state index in [4.69, 9.17) is 5.11 Å². The summed E-state index contributed by atoms with van der Waals surface area (Å²) in [6, 6.07) is 0. The molecule has 1 aliphatic rings. The molecule has 5 nitrogen and oxygen atoms in total. The highest BCUT2D eigenvalue weighted by atomic mass is 19.3. The summed E-state index contributed by atoms with van der Waals surface area (Å²) < 4.78 is 25.0. The van der Waals surface area contributed by atoms with E-state index in [0.29, 0.717) is 0 Å². The summed E-state index contributed by atoms with van der Waals surface area (Å²) in [6.07, 6.45) is 2.23. The highest BCUT2D eigenvalue weighted by Gasteiger charge is 2.44. The van der Waals surface area contributed by atoms with Crippen LogP contribution >= 0.6 is 0 Å². The Morgan fingerprint density at radius 2 is 2.07 bits per heavy atom. The van der Waals surface area contributed by atoms with Crippen LogP contribution in [0, 0.1) is 0 Å². The number of carboxylic acids is 1. The highest BCUT2D eigenvalue weighted by Crippen LogP contribution is 2.29. The number of aromatic carboxylic acids is 1. The Labute approximate surface area is 83.4 Å². The first-order valence-electron chi connectivity index (χ1n) is 4.16. The Kier molecular flexibility index (Phi) is 2.02. The molecule has 0 spiro atoms. The number of carboxylic acid groups (broad SMARTS) is 1. The maximum atomic E-state index is 12.5. The lowest BCUT2D eigenvalue weighted by Crippen LogP contribution is -2.56. The molecule has 0 unspecified atom stereocenters. The van der Waals surface area contributed by atoms with Crippen LogP contribution in [0.1, 0.15) is 10.5 Å². The van der Waals surface area contributed by atoms with Crippen molar-refractivity contribution in [2.45, 2.75) is 5.92 Å². The van der Waals surface area contributed by atoms with Crippen molar-refractivity contribution < 1.29 is 18.7 Å². The van der Waals surface area contributed by atoms with Gasteiger partial charge in [-0.3, -0.25) is 0 Å². The number of carbonyl (C=O) groups is 1. The van der Waals surface area contributed by atoms with Crippen molar-refractivity contribution in [3.05, 3.63) is 18.1 Å². The molecular weight excluding hydrogens is 208 g/mol. The molecule has 80 valence electrons. The van der Waals surface area contributed by atoms with Crippen LogP contribution in [0.5, 0.6) is 0 Å². The van der Waals surface area contributed by atoms with E-state index in [1.54, 1.807) is 0 Å². The van der Waals surface area contributed by atoms with Gasteiger partial charge in [-0.25, -0.2) is 23.5 Å². The maximum Gasteiger partial charge on any atom is 0.356 e. The van der Waals surface area contributed by atoms with Gasteiger partial charge in [0.2, 0.25) is 0 Å². The molecule has 0 aliphatic carbocycles. The van der Waals surface area contributed by atoms with Crippen LogP contribution in [-0.2, 0) is 0 Å². The van der Waals surface area contributed by atoms with Crippen LogP contribution in [0.25, 0.3) is 0 Å². The zero-order chi connectivity index (χ0) is 11.1. The van der Waals surface area contributed by atoms with Crippen LogP contribution in [0.4, 0.5) is 14.6 Å². The molecule has 2 heterocycles. The highest BCUT2D eigenvalue weighted by molar-refractivity contribution is 5.84. The topological polar surface area (TPSA) is 66.3 Å². The van der Waals surface area contributed by atoms with E-state index in [9.17, 15) is 13.6 Å². The van der Waals surface area contributed by atoms with E-state index in [-0.39, 0.29) is 11.5 Å². The molecule has 1 aliphatic heterocycles. The Balaban J connectivity index is 2.09. The fourth-order valence-electron chi connectivity index (χ4n) is 1.27. The smallest absolute Gasteiger partial charge is 0.356 e. The first-order chi connectivity index (χ1) is 6.98. The summed E-state index contributed by atoms with van der Waals surface area (Å²) >= 11 is 0. The standard InChI is InChI=1S/C8H7F2N3O2/c9-8(10)3-13(4-8)6-2-11-5(1-12-6)7(14)15/h1-2H,3-4H2,(H,14,15). The van der Waals surface area contributed by atoms with Gasteiger partial charge < -0.3 is 10.0 Å². The monoisotopic (exact) mass is 215 g/mol. The van der Waals surface area contributed by atoms with Crippen molar-refractivity contribution in [3.8, 4) is 0 Å². The lowest BCUT2D eigenvalue weighted by Gasteiger charge is -2.39. The second-order valence-corrected chi connectivity index (χ2v) is 3.28. The van der Waals surface area contributed by atoms with Gasteiger partial charge in [-0.15, -0.1) is 0 Å². The number of halogens is 2. The summed E-state index contributed by atoms with van der Waals surface area (Å²) in [6.45, 7) is -0.789. The van der Waals surface area contributed by atoms with Crippen molar-refractivity contribution in [2.75, 3.05) is 18.0 Å². The Hall–Kier alpha value is -1.79. The minimum Gasteiger partial charge on any atom is -0.476 e. The zero-order valence-electron chi connectivity index (χ0n) is 7.52. The normalized spacial score (nSPS) is 18.4. The number of anilines is 1. The molecule has 0 amide bonds. The van der Waals surface area contributed by atoms with E-state index < -0.39 is 25.0 Å². The molecular formula is C8H7F2N3O2. The Morgan fingerprint density at radius 3 is 2.47 bits per heavy atom. The molecule has 2 rings (SSSR count). The van der Waals surface area contributed by atoms with E-state index in [2.05, 4.69) is 9.97 Å². The zero-order valence-corrected chi connectivity index (χ0v) is 7.52. The summed E-state index contributed by atoms with van der Waals surface area (Å²) in [5.41, 5.74) is -0.203. The third-order valence-electron chi connectivity index (χ3n) is 2.03. The average molecular weight is 215 g/mol. The second kappa shape index (κ2) is 3.11. The van der Waals surface area contributed by atoms with Crippen LogP contribution in [0.3, 0.4) is 0 Å². The average Bonchev–Trinajstić information content (AvgIpc) is 2.14. The van der Waals surface area contributed by atoms with Crippen molar-refractivity contribution >= 4 is 11.8 Å². The number of hydrogen-bond donors (Lipinski definition) is 1. The first-order valence-corrected chi connectivity index (χ1v) is 4.16. The van der Waals surface area contributed by atoms with Crippen molar-refractivity contribution in [1.82, 2.24) is 9.97 Å². The van der Waals surface area contributed by atoms with Gasteiger partial charge in [0, 0.05) is 0 Å². The molecule has 0 aromatic carbocycles. The number of hydrogen-bond acceptors (Lipinski definition) is 4. The van der Waals surface area contributed by atoms with Crippen LogP contribution < -0.4 is 4.90 Å². The predicted molar refractivity (Wildman–Crippen MR) is 46.2 cm³/mol. The SMILES string of the molecule is O=C(O)c1cnc(N2CC(F)(F)C2)cn1. The molecule has 1 aromatic heterocycles. The minimum atomic E-state index is -2.67. The quantitative estimate of drug-likeness (QED) is 0.783. The van der Waals surface area contributed by atoms with Crippen molar-refractivity contribution in [2.24, 2.45) is 0 Å². The van der Waals surface area contributed by atoms with Gasteiger partial charge >= 0.3 is 5.97 Å². The van der Waals surface area contributed by atoms with Gasteiger partial charge in [0.25, 0.3) is 5.92 Å². The third kappa shape index (κ3) is 1.85.